The Labute approximate surface area is 142 Å². The van der Waals surface area contributed by atoms with E-state index in [-0.39, 0.29) is 12.0 Å². The molecule has 0 spiro atoms. The third-order valence-electron chi connectivity index (χ3n) is 3.78. The molecule has 1 atom stereocenters. The molecule has 1 aliphatic rings. The molecule has 4 rings (SSSR count). The molecular formula is C17H14N4O2S. The summed E-state index contributed by atoms with van der Waals surface area (Å²) in [6.07, 6.45) is 5.64. The summed E-state index contributed by atoms with van der Waals surface area (Å²) in [7, 11) is 0. The van der Waals surface area contributed by atoms with Crippen LogP contribution in [0.1, 0.15) is 15.2 Å². The number of carbonyl (C=O) groups excluding carboxylic acids is 1. The molecule has 24 heavy (non-hydrogen) atoms. The maximum atomic E-state index is 12.0. The van der Waals surface area contributed by atoms with E-state index in [1.807, 2.05) is 18.2 Å². The van der Waals surface area contributed by atoms with E-state index in [2.05, 4.69) is 20.3 Å². The fourth-order valence-corrected chi connectivity index (χ4v) is 3.22. The number of hydrogen-bond donors (Lipinski definition) is 1. The highest BCUT2D eigenvalue weighted by Crippen LogP contribution is 2.37. The van der Waals surface area contributed by atoms with Crippen molar-refractivity contribution in [3.05, 3.63) is 58.8 Å². The Kier molecular flexibility index (Phi) is 3.92. The van der Waals surface area contributed by atoms with Gasteiger partial charge in [0.05, 0.1) is 23.8 Å². The molecule has 6 nitrogen and oxygen atoms in total. The molecule has 3 aromatic rings. The lowest BCUT2D eigenvalue weighted by molar-refractivity contribution is 0.0937. The van der Waals surface area contributed by atoms with Gasteiger partial charge >= 0.3 is 0 Å². The zero-order valence-corrected chi connectivity index (χ0v) is 13.5. The number of benzene rings is 1. The third kappa shape index (κ3) is 2.85. The molecular weight excluding hydrogens is 324 g/mol. The molecule has 0 fully saturated rings. The molecule has 2 aromatic heterocycles. The average Bonchev–Trinajstić information content (AvgIpc) is 3.29. The predicted octanol–water partition coefficient (Wildman–Crippen LogP) is 2.33. The first-order valence-electron chi connectivity index (χ1n) is 7.54. The molecule has 120 valence electrons. The van der Waals surface area contributed by atoms with Crippen molar-refractivity contribution in [2.75, 3.05) is 6.54 Å². The van der Waals surface area contributed by atoms with E-state index in [9.17, 15) is 4.79 Å². The number of rotatable bonds is 4. The van der Waals surface area contributed by atoms with Crippen LogP contribution in [0.4, 0.5) is 0 Å². The van der Waals surface area contributed by atoms with Gasteiger partial charge in [-0.2, -0.15) is 0 Å². The molecule has 1 aromatic carbocycles. The lowest BCUT2D eigenvalue weighted by atomic mass is 10.1. The van der Waals surface area contributed by atoms with Gasteiger partial charge in [-0.1, -0.05) is 12.1 Å². The monoisotopic (exact) mass is 338 g/mol. The van der Waals surface area contributed by atoms with Crippen molar-refractivity contribution in [2.45, 2.75) is 12.5 Å². The molecule has 1 aliphatic heterocycles. The van der Waals surface area contributed by atoms with Crippen LogP contribution in [0, 0.1) is 0 Å². The lowest BCUT2D eigenvalue weighted by Gasteiger charge is -2.12. The van der Waals surface area contributed by atoms with E-state index in [1.165, 1.54) is 11.3 Å². The molecule has 7 heteroatoms. The topological polar surface area (TPSA) is 77.0 Å². The quantitative estimate of drug-likeness (QED) is 0.790. The number of para-hydroxylation sites is 1. The smallest absolute Gasteiger partial charge is 0.263 e. The van der Waals surface area contributed by atoms with Crippen LogP contribution in [0.25, 0.3) is 11.4 Å². The molecule has 3 heterocycles. The van der Waals surface area contributed by atoms with Crippen molar-refractivity contribution in [1.29, 1.82) is 0 Å². The second kappa shape index (κ2) is 6.37. The zero-order valence-electron chi connectivity index (χ0n) is 12.7. The number of ether oxygens (including phenoxy) is 1. The van der Waals surface area contributed by atoms with Gasteiger partial charge in [0, 0.05) is 18.8 Å². The number of hydrogen-bond acceptors (Lipinski definition) is 6. The van der Waals surface area contributed by atoms with E-state index in [0.29, 0.717) is 17.2 Å². The van der Waals surface area contributed by atoms with E-state index in [1.54, 1.807) is 30.2 Å². The van der Waals surface area contributed by atoms with E-state index in [4.69, 9.17) is 4.74 Å². The highest BCUT2D eigenvalue weighted by atomic mass is 32.1. The summed E-state index contributed by atoms with van der Waals surface area (Å²) in [6, 6.07) is 7.75. The second-order valence-electron chi connectivity index (χ2n) is 5.39. The Bertz CT molecular complexity index is 852. The number of thiazole rings is 1. The fraction of sp³-hybridized carbons (Fsp3) is 0.176. The van der Waals surface area contributed by atoms with Crippen LogP contribution >= 0.6 is 11.3 Å². The van der Waals surface area contributed by atoms with Gasteiger partial charge in [-0.25, -0.2) is 9.97 Å². The van der Waals surface area contributed by atoms with Crippen molar-refractivity contribution in [3.8, 4) is 17.1 Å². The van der Waals surface area contributed by atoms with Gasteiger partial charge in [-0.3, -0.25) is 9.78 Å². The van der Waals surface area contributed by atoms with Crippen molar-refractivity contribution in [1.82, 2.24) is 20.3 Å². The highest BCUT2D eigenvalue weighted by molar-refractivity contribution is 7.11. The Morgan fingerprint density at radius 1 is 1.29 bits per heavy atom. The van der Waals surface area contributed by atoms with E-state index >= 15 is 0 Å². The molecule has 1 unspecified atom stereocenters. The molecule has 0 saturated carbocycles. The van der Waals surface area contributed by atoms with Crippen LogP contribution in [-0.2, 0) is 6.42 Å². The Hall–Kier alpha value is -2.80. The second-order valence-corrected chi connectivity index (χ2v) is 6.27. The van der Waals surface area contributed by atoms with Gasteiger partial charge in [0.25, 0.3) is 5.91 Å². The Morgan fingerprint density at radius 2 is 2.17 bits per heavy atom. The normalized spacial score (nSPS) is 15.6. The average molecular weight is 338 g/mol. The molecule has 0 radical (unpaired) electrons. The number of aromatic nitrogens is 3. The van der Waals surface area contributed by atoms with Gasteiger partial charge in [0.15, 0.2) is 5.82 Å². The summed E-state index contributed by atoms with van der Waals surface area (Å²) >= 11 is 1.32. The fourth-order valence-electron chi connectivity index (χ4n) is 2.69. The van der Waals surface area contributed by atoms with Crippen molar-refractivity contribution < 1.29 is 9.53 Å². The Morgan fingerprint density at radius 3 is 2.96 bits per heavy atom. The largest absolute Gasteiger partial charge is 0.487 e. The van der Waals surface area contributed by atoms with E-state index in [0.717, 1.165) is 23.3 Å². The van der Waals surface area contributed by atoms with Gasteiger partial charge in [-0.15, -0.1) is 11.3 Å². The molecule has 0 aliphatic carbocycles. The van der Waals surface area contributed by atoms with Gasteiger partial charge < -0.3 is 10.1 Å². The summed E-state index contributed by atoms with van der Waals surface area (Å²) in [5.74, 6) is 1.33. The lowest BCUT2D eigenvalue weighted by Crippen LogP contribution is -2.34. The summed E-state index contributed by atoms with van der Waals surface area (Å²) in [5, 5.41) is 2.90. The predicted molar refractivity (Wildman–Crippen MR) is 90.0 cm³/mol. The van der Waals surface area contributed by atoms with Crippen molar-refractivity contribution in [2.24, 2.45) is 0 Å². The van der Waals surface area contributed by atoms with Crippen LogP contribution < -0.4 is 10.1 Å². The zero-order chi connectivity index (χ0) is 16.4. The van der Waals surface area contributed by atoms with Crippen LogP contribution in [0.5, 0.6) is 5.75 Å². The van der Waals surface area contributed by atoms with Crippen molar-refractivity contribution in [3.63, 3.8) is 0 Å². The number of carbonyl (C=O) groups is 1. The first-order chi connectivity index (χ1) is 11.8. The number of amides is 1. The highest BCUT2D eigenvalue weighted by Gasteiger charge is 2.27. The minimum atomic E-state index is -0.122. The third-order valence-corrected chi connectivity index (χ3v) is 4.55. The number of nitrogens with one attached hydrogen (secondary N) is 1. The van der Waals surface area contributed by atoms with Crippen molar-refractivity contribution >= 4 is 17.2 Å². The van der Waals surface area contributed by atoms with Crippen LogP contribution in [0.15, 0.2) is 48.4 Å². The standard InChI is InChI=1S/C17H14N4O2S/c22-17(14-9-18-10-24-14)21-8-12-7-11-3-1-4-13(15(11)23-12)16-19-5-2-6-20-16/h1-6,9-10,12H,7-8H2,(H,21,22). The SMILES string of the molecule is O=C(NCC1Cc2cccc(-c3ncccn3)c2O1)c1cncs1. The summed E-state index contributed by atoms with van der Waals surface area (Å²) < 4.78 is 6.05. The van der Waals surface area contributed by atoms with Crippen LogP contribution in [0.3, 0.4) is 0 Å². The summed E-state index contributed by atoms with van der Waals surface area (Å²) in [4.78, 5) is 25.1. The minimum Gasteiger partial charge on any atom is -0.487 e. The maximum absolute atomic E-state index is 12.0. The van der Waals surface area contributed by atoms with Gasteiger partial charge in [0.2, 0.25) is 0 Å². The first-order valence-corrected chi connectivity index (χ1v) is 8.42. The van der Waals surface area contributed by atoms with Crippen LogP contribution in [-0.4, -0.2) is 33.5 Å². The maximum Gasteiger partial charge on any atom is 0.263 e. The summed E-state index contributed by atoms with van der Waals surface area (Å²) in [6.45, 7) is 0.445. The minimum absolute atomic E-state index is 0.0956. The summed E-state index contributed by atoms with van der Waals surface area (Å²) in [5.41, 5.74) is 3.63. The van der Waals surface area contributed by atoms with Crippen LogP contribution in [0.2, 0.25) is 0 Å². The number of fused-ring (bicyclic) bond motifs is 1. The molecule has 1 amide bonds. The van der Waals surface area contributed by atoms with E-state index < -0.39 is 0 Å². The molecule has 0 saturated heterocycles. The first kappa shape index (κ1) is 14.8. The number of nitrogens with zero attached hydrogens (tertiary/aromatic N) is 3. The Balaban J connectivity index is 1.47. The van der Waals surface area contributed by atoms with Gasteiger partial charge in [-0.05, 0) is 17.7 Å². The molecule has 1 N–H and O–H groups in total. The molecule has 0 bridgehead atoms. The van der Waals surface area contributed by atoms with Gasteiger partial charge in [0.1, 0.15) is 16.7 Å².